The van der Waals surface area contributed by atoms with Crippen LogP contribution in [0, 0.1) is 6.92 Å². The van der Waals surface area contributed by atoms with Gasteiger partial charge in [0.2, 0.25) is 5.91 Å². The van der Waals surface area contributed by atoms with Crippen molar-refractivity contribution in [1.82, 2.24) is 20.1 Å². The van der Waals surface area contributed by atoms with Crippen molar-refractivity contribution < 1.29 is 9.59 Å². The van der Waals surface area contributed by atoms with Crippen molar-refractivity contribution in [2.45, 2.75) is 44.8 Å². The van der Waals surface area contributed by atoms with E-state index >= 15 is 0 Å². The van der Waals surface area contributed by atoms with Gasteiger partial charge in [0.25, 0.3) is 5.91 Å². The number of rotatable bonds is 8. The average molecular weight is 452 g/mol. The lowest BCUT2D eigenvalue weighted by atomic mass is 10.0. The Bertz CT molecular complexity index is 1110. The van der Waals surface area contributed by atoms with Crippen LogP contribution in [0.1, 0.15) is 60.0 Å². The fraction of sp³-hybridized carbons (Fsp3) is 0.333. The number of aryl methyl sites for hydroxylation is 1. The molecule has 0 saturated heterocycles. The molecule has 0 bridgehead atoms. The highest BCUT2D eigenvalue weighted by molar-refractivity contribution is 7.99. The van der Waals surface area contributed by atoms with Gasteiger partial charge >= 0.3 is 0 Å². The van der Waals surface area contributed by atoms with E-state index in [2.05, 4.69) is 34.7 Å². The zero-order valence-electron chi connectivity index (χ0n) is 19.0. The van der Waals surface area contributed by atoms with Crippen molar-refractivity contribution >= 4 is 29.3 Å². The second kappa shape index (κ2) is 10.5. The van der Waals surface area contributed by atoms with Gasteiger partial charge in [0.15, 0.2) is 11.0 Å². The third-order valence-corrected chi connectivity index (χ3v) is 6.09. The molecule has 32 heavy (non-hydrogen) atoms. The Morgan fingerprint density at radius 3 is 2.53 bits per heavy atom. The molecular weight excluding hydrogens is 422 g/mol. The average Bonchev–Trinajstić information content (AvgIpc) is 3.13. The Hall–Kier alpha value is -3.13. The van der Waals surface area contributed by atoms with Crippen molar-refractivity contribution in [3.8, 4) is 0 Å². The van der Waals surface area contributed by atoms with Crippen LogP contribution in [0.3, 0.4) is 0 Å². The molecule has 1 atom stereocenters. The summed E-state index contributed by atoms with van der Waals surface area (Å²) < 4.78 is 1.81. The smallest absolute Gasteiger partial charge is 0.251 e. The molecule has 0 radical (unpaired) electrons. The summed E-state index contributed by atoms with van der Waals surface area (Å²) in [7, 11) is 1.83. The molecular formula is C24H29N5O2S. The Labute approximate surface area is 193 Å². The number of aromatic nitrogens is 3. The van der Waals surface area contributed by atoms with Gasteiger partial charge in [-0.3, -0.25) is 9.59 Å². The maximum Gasteiger partial charge on any atom is 0.251 e. The van der Waals surface area contributed by atoms with Gasteiger partial charge in [0.1, 0.15) is 0 Å². The topological polar surface area (TPSA) is 88.9 Å². The zero-order valence-corrected chi connectivity index (χ0v) is 19.9. The second-order valence-corrected chi connectivity index (χ2v) is 8.99. The highest BCUT2D eigenvalue weighted by Crippen LogP contribution is 2.25. The summed E-state index contributed by atoms with van der Waals surface area (Å²) in [5.41, 5.74) is 3.56. The lowest BCUT2D eigenvalue weighted by Crippen LogP contribution is -2.28. The lowest BCUT2D eigenvalue weighted by Gasteiger charge is -2.14. The summed E-state index contributed by atoms with van der Waals surface area (Å²) in [5.74, 6) is 0.883. The van der Waals surface area contributed by atoms with Crippen LogP contribution in [0.2, 0.25) is 0 Å². The van der Waals surface area contributed by atoms with Crippen LogP contribution in [0.15, 0.2) is 53.7 Å². The molecule has 168 valence electrons. The van der Waals surface area contributed by atoms with E-state index in [1.165, 1.54) is 11.8 Å². The van der Waals surface area contributed by atoms with E-state index in [9.17, 15) is 9.59 Å². The van der Waals surface area contributed by atoms with E-state index in [0.717, 1.165) is 16.8 Å². The van der Waals surface area contributed by atoms with Crippen LogP contribution in [-0.4, -0.2) is 32.3 Å². The first kappa shape index (κ1) is 23.5. The molecule has 1 aromatic heterocycles. The molecule has 0 saturated carbocycles. The summed E-state index contributed by atoms with van der Waals surface area (Å²) in [5, 5.41) is 15.0. The first-order chi connectivity index (χ1) is 15.3. The molecule has 3 aromatic rings. The van der Waals surface area contributed by atoms with Gasteiger partial charge in [-0.15, -0.1) is 10.2 Å². The molecule has 0 aliphatic heterocycles. The second-order valence-electron chi connectivity index (χ2n) is 8.04. The first-order valence-corrected chi connectivity index (χ1v) is 11.5. The van der Waals surface area contributed by atoms with Crippen LogP contribution < -0.4 is 10.6 Å². The van der Waals surface area contributed by atoms with Crippen LogP contribution in [0.4, 0.5) is 5.69 Å². The van der Waals surface area contributed by atoms with E-state index in [1.807, 2.05) is 63.4 Å². The largest absolute Gasteiger partial charge is 0.342 e. The lowest BCUT2D eigenvalue weighted by molar-refractivity contribution is -0.113. The predicted octanol–water partition coefficient (Wildman–Crippen LogP) is 4.47. The molecule has 0 spiro atoms. The summed E-state index contributed by atoms with van der Waals surface area (Å²) in [4.78, 5) is 25.0. The Kier molecular flexibility index (Phi) is 7.69. The Morgan fingerprint density at radius 1 is 1.06 bits per heavy atom. The molecule has 7 nitrogen and oxygen atoms in total. The molecule has 1 heterocycles. The summed E-state index contributed by atoms with van der Waals surface area (Å²) in [6.45, 7) is 8.01. The van der Waals surface area contributed by atoms with Gasteiger partial charge in [-0.25, -0.2) is 0 Å². The van der Waals surface area contributed by atoms with Gasteiger partial charge in [-0.2, -0.15) is 0 Å². The van der Waals surface area contributed by atoms with Gasteiger partial charge in [0, 0.05) is 18.3 Å². The zero-order chi connectivity index (χ0) is 23.3. The van der Waals surface area contributed by atoms with Crippen LogP contribution in [-0.2, 0) is 11.8 Å². The monoisotopic (exact) mass is 451 g/mol. The maximum atomic E-state index is 12.5. The Balaban J connectivity index is 1.60. The van der Waals surface area contributed by atoms with E-state index in [4.69, 9.17) is 0 Å². The summed E-state index contributed by atoms with van der Waals surface area (Å²) >= 11 is 1.31. The number of benzene rings is 2. The van der Waals surface area contributed by atoms with Crippen LogP contribution in [0.25, 0.3) is 0 Å². The highest BCUT2D eigenvalue weighted by atomic mass is 32.2. The molecule has 0 fully saturated rings. The number of thioether (sulfide) groups is 1. The van der Waals surface area contributed by atoms with E-state index < -0.39 is 0 Å². The molecule has 2 aromatic carbocycles. The molecule has 0 aliphatic carbocycles. The van der Waals surface area contributed by atoms with Crippen LogP contribution in [0.5, 0.6) is 0 Å². The summed E-state index contributed by atoms with van der Waals surface area (Å²) in [6, 6.07) is 14.9. The van der Waals surface area contributed by atoms with Crippen LogP contribution >= 0.6 is 11.8 Å². The Morgan fingerprint density at radius 2 is 1.81 bits per heavy atom. The number of nitrogens with one attached hydrogen (secondary N) is 2. The standard InChI is InChI=1S/C24H29N5O2S/c1-15(2)19-11-6-7-12-20(19)26-21(30)14-32-24-28-27-22(29(24)5)17(4)25-23(31)18-10-8-9-16(3)13-18/h6-13,15,17H,14H2,1-5H3,(H,25,31)(H,26,30)/t17-/m0/s1. The van der Waals surface area contributed by atoms with Crippen molar-refractivity contribution in [2.24, 2.45) is 7.05 Å². The number of carbonyl (C=O) groups is 2. The van der Waals surface area contributed by atoms with Gasteiger partial charge in [-0.05, 0) is 43.5 Å². The quantitative estimate of drug-likeness (QED) is 0.493. The minimum Gasteiger partial charge on any atom is -0.342 e. The fourth-order valence-electron chi connectivity index (χ4n) is 3.39. The number of para-hydroxylation sites is 1. The number of amides is 2. The SMILES string of the molecule is Cc1cccc(C(=O)N[C@@H](C)c2nnc(SCC(=O)Nc3ccccc3C(C)C)n2C)c1. The normalized spacial score (nSPS) is 11.9. The van der Waals surface area contributed by atoms with Gasteiger partial charge < -0.3 is 15.2 Å². The van der Waals surface area contributed by atoms with Crippen molar-refractivity contribution in [3.05, 3.63) is 71.0 Å². The van der Waals surface area contributed by atoms with Gasteiger partial charge in [-0.1, -0.05) is 61.5 Å². The molecule has 0 unspecified atom stereocenters. The van der Waals surface area contributed by atoms with Crippen molar-refractivity contribution in [3.63, 3.8) is 0 Å². The van der Waals surface area contributed by atoms with E-state index in [1.54, 1.807) is 10.6 Å². The number of nitrogens with zero attached hydrogens (tertiary/aromatic N) is 3. The van der Waals surface area contributed by atoms with E-state index in [-0.39, 0.29) is 23.6 Å². The first-order valence-electron chi connectivity index (χ1n) is 10.5. The molecule has 3 rings (SSSR count). The molecule has 2 N–H and O–H groups in total. The molecule has 8 heteroatoms. The number of anilines is 1. The summed E-state index contributed by atoms with van der Waals surface area (Å²) in [6.07, 6.45) is 0. The third-order valence-electron chi connectivity index (χ3n) is 5.07. The third kappa shape index (κ3) is 5.76. The van der Waals surface area contributed by atoms with Crippen molar-refractivity contribution in [1.29, 1.82) is 0 Å². The molecule has 0 aliphatic rings. The predicted molar refractivity (Wildman–Crippen MR) is 128 cm³/mol. The number of carbonyl (C=O) groups excluding carboxylic acids is 2. The van der Waals surface area contributed by atoms with Gasteiger partial charge in [0.05, 0.1) is 11.8 Å². The van der Waals surface area contributed by atoms with E-state index in [0.29, 0.717) is 22.5 Å². The minimum absolute atomic E-state index is 0.103. The minimum atomic E-state index is -0.332. The number of hydrogen-bond donors (Lipinski definition) is 2. The number of hydrogen-bond acceptors (Lipinski definition) is 5. The fourth-order valence-corrected chi connectivity index (χ4v) is 4.11. The molecule has 2 amide bonds. The van der Waals surface area contributed by atoms with Crippen molar-refractivity contribution in [2.75, 3.05) is 11.1 Å². The highest BCUT2D eigenvalue weighted by Gasteiger charge is 2.19. The maximum absolute atomic E-state index is 12.5.